The number of carbonyl (C=O) groups is 1. The number of thioether (sulfide) groups is 1. The molecule has 0 atom stereocenters. The molecule has 1 aromatic heterocycles. The highest BCUT2D eigenvalue weighted by atomic mass is 32.2. The van der Waals surface area contributed by atoms with Crippen molar-refractivity contribution in [1.29, 1.82) is 0 Å². The van der Waals surface area contributed by atoms with Crippen molar-refractivity contribution in [2.24, 2.45) is 0 Å². The van der Waals surface area contributed by atoms with E-state index in [0.717, 1.165) is 57.5 Å². The number of aryl methyl sites for hydroxylation is 1. The van der Waals surface area contributed by atoms with Gasteiger partial charge >= 0.3 is 0 Å². The number of thiazole rings is 1. The second kappa shape index (κ2) is 12.3. The Kier molecular flexibility index (Phi) is 9.41. The summed E-state index contributed by atoms with van der Waals surface area (Å²) in [6.07, 6.45) is 2.20. The Morgan fingerprint density at radius 1 is 1.03 bits per heavy atom. The second-order valence-corrected chi connectivity index (χ2v) is 10.2. The Bertz CT molecular complexity index is 1050. The van der Waals surface area contributed by atoms with Gasteiger partial charge in [-0.1, -0.05) is 17.4 Å². The van der Waals surface area contributed by atoms with E-state index in [4.69, 9.17) is 14.5 Å². The fourth-order valence-corrected chi connectivity index (χ4v) is 5.42. The second-order valence-electron chi connectivity index (χ2n) is 8.09. The van der Waals surface area contributed by atoms with Crippen LogP contribution in [0.5, 0.6) is 11.5 Å². The van der Waals surface area contributed by atoms with Crippen molar-refractivity contribution in [3.05, 3.63) is 42.0 Å². The first kappa shape index (κ1) is 25.3. The van der Waals surface area contributed by atoms with Gasteiger partial charge in [0.15, 0.2) is 5.13 Å². The predicted molar refractivity (Wildman–Crippen MR) is 139 cm³/mol. The minimum Gasteiger partial charge on any atom is -0.497 e. The third kappa shape index (κ3) is 6.85. The lowest BCUT2D eigenvalue weighted by Gasteiger charge is -2.21. The van der Waals surface area contributed by atoms with Gasteiger partial charge in [0.2, 0.25) is 5.91 Å². The molecule has 6 nitrogen and oxygen atoms in total. The van der Waals surface area contributed by atoms with E-state index in [9.17, 15) is 4.79 Å². The molecule has 1 heterocycles. The molecule has 0 aliphatic heterocycles. The van der Waals surface area contributed by atoms with Crippen LogP contribution >= 0.6 is 23.1 Å². The van der Waals surface area contributed by atoms with Crippen molar-refractivity contribution < 1.29 is 14.3 Å². The molecule has 0 fully saturated rings. The van der Waals surface area contributed by atoms with E-state index in [1.54, 1.807) is 37.3 Å². The Balaban J connectivity index is 1.68. The Hall–Kier alpha value is -2.29. The van der Waals surface area contributed by atoms with Gasteiger partial charge in [-0.25, -0.2) is 4.98 Å². The molecule has 2 aromatic carbocycles. The third-order valence-corrected chi connectivity index (χ3v) is 7.61. The number of aromatic nitrogens is 1. The van der Waals surface area contributed by atoms with E-state index in [2.05, 4.69) is 38.1 Å². The monoisotopic (exact) mass is 487 g/mol. The van der Waals surface area contributed by atoms with Crippen LogP contribution in [0.4, 0.5) is 5.13 Å². The number of fused-ring (bicyclic) bond motifs is 1. The molecule has 0 saturated carbocycles. The van der Waals surface area contributed by atoms with Crippen molar-refractivity contribution in [2.75, 3.05) is 52.1 Å². The molecule has 3 aromatic rings. The average Bonchev–Trinajstić information content (AvgIpc) is 3.26. The number of rotatable bonds is 12. The summed E-state index contributed by atoms with van der Waals surface area (Å²) in [5, 5.41) is 0.754. The van der Waals surface area contributed by atoms with Crippen LogP contribution in [-0.4, -0.2) is 62.9 Å². The fraction of sp³-hybridized carbons (Fsp3) is 0.440. The van der Waals surface area contributed by atoms with Gasteiger partial charge in [-0.05, 0) is 82.1 Å². The number of ether oxygens (including phenoxy) is 2. The van der Waals surface area contributed by atoms with Crippen LogP contribution in [0.25, 0.3) is 10.2 Å². The largest absolute Gasteiger partial charge is 0.497 e. The van der Waals surface area contributed by atoms with Gasteiger partial charge in [0.25, 0.3) is 0 Å². The smallest absolute Gasteiger partial charge is 0.228 e. The van der Waals surface area contributed by atoms with Crippen LogP contribution in [0.15, 0.2) is 41.3 Å². The Morgan fingerprint density at radius 2 is 1.79 bits per heavy atom. The van der Waals surface area contributed by atoms with Crippen molar-refractivity contribution in [3.8, 4) is 11.5 Å². The first-order chi connectivity index (χ1) is 15.9. The fourth-order valence-electron chi connectivity index (χ4n) is 3.47. The summed E-state index contributed by atoms with van der Waals surface area (Å²) >= 11 is 3.33. The van der Waals surface area contributed by atoms with Crippen LogP contribution in [-0.2, 0) is 4.79 Å². The van der Waals surface area contributed by atoms with Gasteiger partial charge in [-0.3, -0.25) is 9.69 Å². The summed E-state index contributed by atoms with van der Waals surface area (Å²) in [4.78, 5) is 23.3. The molecular weight excluding hydrogens is 454 g/mol. The molecule has 0 aliphatic rings. The van der Waals surface area contributed by atoms with E-state index in [-0.39, 0.29) is 5.91 Å². The molecule has 0 radical (unpaired) electrons. The van der Waals surface area contributed by atoms with Gasteiger partial charge in [0.05, 0.1) is 18.9 Å². The number of methoxy groups -OCH3 is 2. The molecule has 0 N–H and O–H groups in total. The molecule has 1 amide bonds. The van der Waals surface area contributed by atoms with Crippen molar-refractivity contribution in [3.63, 3.8) is 0 Å². The minimum absolute atomic E-state index is 0.125. The maximum Gasteiger partial charge on any atom is 0.228 e. The molecule has 0 saturated heterocycles. The number of anilines is 1. The number of nitrogens with zero attached hydrogens (tertiary/aromatic N) is 3. The van der Waals surface area contributed by atoms with Crippen molar-refractivity contribution >= 4 is 44.4 Å². The zero-order chi connectivity index (χ0) is 23.8. The molecule has 178 valence electrons. The van der Waals surface area contributed by atoms with Gasteiger partial charge in [-0.2, -0.15) is 0 Å². The normalized spacial score (nSPS) is 11.2. The van der Waals surface area contributed by atoms with Crippen LogP contribution < -0.4 is 14.4 Å². The third-order valence-electron chi connectivity index (χ3n) is 5.29. The molecular formula is C25H33N3O3S2. The first-order valence-corrected chi connectivity index (χ1v) is 12.9. The van der Waals surface area contributed by atoms with Crippen LogP contribution in [0, 0.1) is 6.92 Å². The number of hydrogen-bond acceptors (Lipinski definition) is 7. The van der Waals surface area contributed by atoms with Gasteiger partial charge in [0, 0.05) is 17.9 Å². The van der Waals surface area contributed by atoms with E-state index in [1.807, 2.05) is 29.2 Å². The zero-order valence-corrected chi connectivity index (χ0v) is 21.7. The zero-order valence-electron chi connectivity index (χ0n) is 20.1. The summed E-state index contributed by atoms with van der Waals surface area (Å²) in [6.45, 7) is 3.65. The topological polar surface area (TPSA) is 54.9 Å². The maximum atomic E-state index is 13.3. The molecule has 3 rings (SSSR count). The number of amides is 1. The Labute approximate surface area is 204 Å². The molecule has 33 heavy (non-hydrogen) atoms. The van der Waals surface area contributed by atoms with Crippen LogP contribution in [0.1, 0.15) is 24.8 Å². The molecule has 0 aliphatic carbocycles. The quantitative estimate of drug-likeness (QED) is 0.249. The van der Waals surface area contributed by atoms with Crippen LogP contribution in [0.2, 0.25) is 0 Å². The van der Waals surface area contributed by atoms with Gasteiger partial charge < -0.3 is 14.4 Å². The van der Waals surface area contributed by atoms with Gasteiger partial charge in [0.1, 0.15) is 17.0 Å². The lowest BCUT2D eigenvalue weighted by molar-refractivity contribution is -0.118. The maximum absolute atomic E-state index is 13.3. The predicted octanol–water partition coefficient (Wildman–Crippen LogP) is 5.48. The lowest BCUT2D eigenvalue weighted by Crippen LogP contribution is -2.33. The lowest BCUT2D eigenvalue weighted by atomic mass is 10.2. The van der Waals surface area contributed by atoms with Crippen molar-refractivity contribution in [2.45, 2.75) is 31.1 Å². The highest BCUT2D eigenvalue weighted by molar-refractivity contribution is 7.99. The summed E-state index contributed by atoms with van der Waals surface area (Å²) in [6, 6.07) is 12.0. The van der Waals surface area contributed by atoms with Crippen molar-refractivity contribution in [1.82, 2.24) is 9.88 Å². The van der Waals surface area contributed by atoms with Crippen LogP contribution in [0.3, 0.4) is 0 Å². The van der Waals surface area contributed by atoms with E-state index < -0.39 is 0 Å². The summed E-state index contributed by atoms with van der Waals surface area (Å²) in [7, 11) is 7.42. The van der Waals surface area contributed by atoms with E-state index >= 15 is 0 Å². The minimum atomic E-state index is 0.125. The van der Waals surface area contributed by atoms with Gasteiger partial charge in [-0.15, -0.1) is 11.8 Å². The SMILES string of the molecule is COc1ccc(SCCCC(=O)N(CCCN(C)C)c2nc3c(OC)ccc(C)c3s2)cc1. The van der Waals surface area contributed by atoms with E-state index in [0.29, 0.717) is 13.0 Å². The Morgan fingerprint density at radius 3 is 2.45 bits per heavy atom. The van der Waals surface area contributed by atoms with E-state index in [1.165, 1.54) is 4.90 Å². The highest BCUT2D eigenvalue weighted by Gasteiger charge is 2.21. The molecule has 0 unspecified atom stereocenters. The summed E-state index contributed by atoms with van der Waals surface area (Å²) < 4.78 is 11.8. The first-order valence-electron chi connectivity index (χ1n) is 11.1. The average molecular weight is 488 g/mol. The number of carbonyl (C=O) groups excluding carboxylic acids is 1. The standard InChI is InChI=1S/C25H33N3O3S2/c1-18-9-14-21(31-5)23-24(18)33-25(26-23)28(16-7-15-27(2)3)22(29)8-6-17-32-20-12-10-19(30-4)11-13-20/h9-14H,6-8,15-17H2,1-5H3. The summed E-state index contributed by atoms with van der Waals surface area (Å²) in [5.74, 6) is 2.61. The molecule has 0 spiro atoms. The highest BCUT2D eigenvalue weighted by Crippen LogP contribution is 2.36. The molecule has 8 heteroatoms. The number of benzene rings is 2. The summed E-state index contributed by atoms with van der Waals surface area (Å²) in [5.41, 5.74) is 1.98. The molecule has 0 bridgehead atoms. The number of hydrogen-bond donors (Lipinski definition) is 0.